The van der Waals surface area contributed by atoms with Crippen LogP contribution in [0.2, 0.25) is 0 Å². The third kappa shape index (κ3) is 6.51. The molecule has 2 rings (SSSR count). The maximum Gasteiger partial charge on any atom is 0.315 e. The molecular formula is C18H28BrN3O. The summed E-state index contributed by atoms with van der Waals surface area (Å²) in [4.78, 5) is 14.5. The van der Waals surface area contributed by atoms with Gasteiger partial charge in [-0.1, -0.05) is 35.0 Å². The summed E-state index contributed by atoms with van der Waals surface area (Å²) >= 11 is 3.44. The van der Waals surface area contributed by atoms with Gasteiger partial charge in [-0.15, -0.1) is 0 Å². The lowest BCUT2D eigenvalue weighted by atomic mass is 10.1. The van der Waals surface area contributed by atoms with Crippen molar-refractivity contribution < 1.29 is 4.79 Å². The number of nitrogens with one attached hydrogen (secondary N) is 2. The fraction of sp³-hybridized carbons (Fsp3) is 0.611. The van der Waals surface area contributed by atoms with Gasteiger partial charge in [-0.2, -0.15) is 0 Å². The summed E-state index contributed by atoms with van der Waals surface area (Å²) in [5, 5.41) is 6.06. The summed E-state index contributed by atoms with van der Waals surface area (Å²) in [6.07, 6.45) is 3.23. The first-order valence-electron chi connectivity index (χ1n) is 8.58. The lowest BCUT2D eigenvalue weighted by Crippen LogP contribution is -2.43. The Kier molecular flexibility index (Phi) is 7.37. The standard InChI is InChI=1S/C18H28BrN3O/c1-3-9-22-10-8-16(13-22)12-20-18(23)21-14(2)11-15-4-6-17(19)7-5-15/h4-7,14,16H,3,8-13H2,1-2H3,(H2,20,21,23)/t14-,16-/m0/s1. The van der Waals surface area contributed by atoms with E-state index in [1.54, 1.807) is 0 Å². The lowest BCUT2D eigenvalue weighted by Gasteiger charge is -2.17. The van der Waals surface area contributed by atoms with E-state index >= 15 is 0 Å². The maximum atomic E-state index is 12.0. The van der Waals surface area contributed by atoms with Crippen molar-refractivity contribution in [3.05, 3.63) is 34.3 Å². The van der Waals surface area contributed by atoms with E-state index in [9.17, 15) is 4.79 Å². The fourth-order valence-corrected chi connectivity index (χ4v) is 3.40. The van der Waals surface area contributed by atoms with E-state index in [-0.39, 0.29) is 12.1 Å². The maximum absolute atomic E-state index is 12.0. The Morgan fingerprint density at radius 3 is 2.83 bits per heavy atom. The van der Waals surface area contributed by atoms with Gasteiger partial charge in [0.15, 0.2) is 0 Å². The van der Waals surface area contributed by atoms with Gasteiger partial charge in [-0.25, -0.2) is 4.79 Å². The van der Waals surface area contributed by atoms with Crippen molar-refractivity contribution in [2.45, 2.75) is 39.2 Å². The van der Waals surface area contributed by atoms with Gasteiger partial charge in [-0.3, -0.25) is 0 Å². The highest BCUT2D eigenvalue weighted by molar-refractivity contribution is 9.10. The molecule has 2 amide bonds. The molecule has 1 aliphatic heterocycles. The molecule has 23 heavy (non-hydrogen) atoms. The zero-order valence-corrected chi connectivity index (χ0v) is 15.7. The zero-order chi connectivity index (χ0) is 16.7. The van der Waals surface area contributed by atoms with Gasteiger partial charge < -0.3 is 15.5 Å². The predicted molar refractivity (Wildman–Crippen MR) is 98.7 cm³/mol. The Bertz CT molecular complexity index is 492. The van der Waals surface area contributed by atoms with Crippen molar-refractivity contribution >= 4 is 22.0 Å². The largest absolute Gasteiger partial charge is 0.338 e. The molecule has 0 radical (unpaired) electrons. The minimum Gasteiger partial charge on any atom is -0.338 e. The molecule has 1 heterocycles. The Hall–Kier alpha value is -1.07. The highest BCUT2D eigenvalue weighted by Gasteiger charge is 2.22. The van der Waals surface area contributed by atoms with Crippen LogP contribution >= 0.6 is 15.9 Å². The van der Waals surface area contributed by atoms with Gasteiger partial charge in [0.25, 0.3) is 0 Å². The van der Waals surface area contributed by atoms with E-state index in [2.05, 4.69) is 50.5 Å². The SMILES string of the molecule is CCCN1CC[C@@H](CNC(=O)N[C@@H](C)Cc2ccc(Br)cc2)C1. The third-order valence-electron chi connectivity index (χ3n) is 4.29. The molecule has 1 fully saturated rings. The van der Waals surface area contributed by atoms with Crippen molar-refractivity contribution in [3.63, 3.8) is 0 Å². The molecule has 1 aromatic rings. The molecule has 0 aliphatic carbocycles. The van der Waals surface area contributed by atoms with E-state index in [0.717, 1.165) is 24.0 Å². The topological polar surface area (TPSA) is 44.4 Å². The molecule has 0 aromatic heterocycles. The lowest BCUT2D eigenvalue weighted by molar-refractivity contribution is 0.235. The average molecular weight is 382 g/mol. The predicted octanol–water partition coefficient (Wildman–Crippen LogP) is 3.41. The van der Waals surface area contributed by atoms with Gasteiger partial charge in [0, 0.05) is 23.6 Å². The van der Waals surface area contributed by atoms with Crippen LogP contribution < -0.4 is 10.6 Å². The first kappa shape index (κ1) is 18.3. The van der Waals surface area contributed by atoms with Crippen molar-refractivity contribution in [2.75, 3.05) is 26.2 Å². The number of hydrogen-bond donors (Lipinski definition) is 2. The van der Waals surface area contributed by atoms with Gasteiger partial charge in [0.2, 0.25) is 0 Å². The normalized spacial score (nSPS) is 19.5. The minimum atomic E-state index is -0.0523. The first-order valence-corrected chi connectivity index (χ1v) is 9.37. The second-order valence-electron chi connectivity index (χ2n) is 6.54. The zero-order valence-electron chi connectivity index (χ0n) is 14.1. The Morgan fingerprint density at radius 1 is 1.39 bits per heavy atom. The fourth-order valence-electron chi connectivity index (χ4n) is 3.14. The Labute approximate surface area is 148 Å². The molecule has 0 saturated carbocycles. The summed E-state index contributed by atoms with van der Waals surface area (Å²) in [7, 11) is 0. The van der Waals surface area contributed by atoms with Crippen LogP contribution in [0.3, 0.4) is 0 Å². The molecule has 1 aromatic carbocycles. The van der Waals surface area contributed by atoms with E-state index < -0.39 is 0 Å². The van der Waals surface area contributed by atoms with E-state index in [0.29, 0.717) is 5.92 Å². The minimum absolute atomic E-state index is 0.0523. The van der Waals surface area contributed by atoms with E-state index in [1.165, 1.54) is 31.5 Å². The van der Waals surface area contributed by atoms with Crippen LogP contribution in [0.4, 0.5) is 4.79 Å². The molecule has 0 unspecified atom stereocenters. The van der Waals surface area contributed by atoms with Crippen LogP contribution in [0.5, 0.6) is 0 Å². The summed E-state index contributed by atoms with van der Waals surface area (Å²) in [6, 6.07) is 8.30. The van der Waals surface area contributed by atoms with Crippen LogP contribution in [0.25, 0.3) is 0 Å². The number of carbonyl (C=O) groups is 1. The summed E-state index contributed by atoms with van der Waals surface area (Å²) in [5.74, 6) is 0.592. The number of rotatable bonds is 7. The number of benzene rings is 1. The van der Waals surface area contributed by atoms with Crippen molar-refractivity contribution in [1.29, 1.82) is 0 Å². The molecule has 1 aliphatic rings. The number of nitrogens with zero attached hydrogens (tertiary/aromatic N) is 1. The van der Waals surface area contributed by atoms with Crippen LogP contribution in [0, 0.1) is 5.92 Å². The Balaban J connectivity index is 1.65. The molecule has 0 bridgehead atoms. The van der Waals surface area contributed by atoms with Crippen molar-refractivity contribution in [3.8, 4) is 0 Å². The number of carbonyl (C=O) groups excluding carboxylic acids is 1. The van der Waals surface area contributed by atoms with Crippen molar-refractivity contribution in [1.82, 2.24) is 15.5 Å². The third-order valence-corrected chi connectivity index (χ3v) is 4.82. The van der Waals surface area contributed by atoms with Crippen molar-refractivity contribution in [2.24, 2.45) is 5.92 Å². The molecule has 5 heteroatoms. The molecule has 0 spiro atoms. The van der Waals surface area contributed by atoms with E-state index in [1.807, 2.05) is 19.1 Å². The van der Waals surface area contributed by atoms with Crippen LogP contribution in [0.15, 0.2) is 28.7 Å². The highest BCUT2D eigenvalue weighted by atomic mass is 79.9. The van der Waals surface area contributed by atoms with Gasteiger partial charge in [0.05, 0.1) is 0 Å². The van der Waals surface area contributed by atoms with Crippen LogP contribution in [-0.4, -0.2) is 43.2 Å². The second-order valence-corrected chi connectivity index (χ2v) is 7.46. The molecule has 1 saturated heterocycles. The van der Waals surface area contributed by atoms with Gasteiger partial charge >= 0.3 is 6.03 Å². The van der Waals surface area contributed by atoms with Crippen LogP contribution in [-0.2, 0) is 6.42 Å². The number of likely N-dealkylation sites (tertiary alicyclic amines) is 1. The summed E-state index contributed by atoms with van der Waals surface area (Å²) in [6.45, 7) is 8.49. The smallest absolute Gasteiger partial charge is 0.315 e. The number of amides is 2. The van der Waals surface area contributed by atoms with Gasteiger partial charge in [-0.05, 0) is 62.9 Å². The number of halogens is 1. The molecule has 2 atom stereocenters. The van der Waals surface area contributed by atoms with Gasteiger partial charge in [0.1, 0.15) is 0 Å². The number of hydrogen-bond acceptors (Lipinski definition) is 2. The molecular weight excluding hydrogens is 354 g/mol. The first-order chi connectivity index (χ1) is 11.1. The molecule has 2 N–H and O–H groups in total. The number of urea groups is 1. The molecule has 4 nitrogen and oxygen atoms in total. The highest BCUT2D eigenvalue weighted by Crippen LogP contribution is 2.15. The second kappa shape index (κ2) is 9.28. The quantitative estimate of drug-likeness (QED) is 0.759. The van der Waals surface area contributed by atoms with Crippen LogP contribution in [0.1, 0.15) is 32.3 Å². The summed E-state index contributed by atoms with van der Waals surface area (Å²) < 4.78 is 1.08. The molecule has 128 valence electrons. The Morgan fingerprint density at radius 2 is 2.13 bits per heavy atom. The average Bonchev–Trinajstić information content (AvgIpc) is 2.95. The monoisotopic (exact) mass is 381 g/mol. The van der Waals surface area contributed by atoms with E-state index in [4.69, 9.17) is 0 Å². The summed E-state index contributed by atoms with van der Waals surface area (Å²) in [5.41, 5.74) is 1.23.